The predicted octanol–water partition coefficient (Wildman–Crippen LogP) is 2.79. The van der Waals surface area contributed by atoms with Crippen molar-refractivity contribution in [3.63, 3.8) is 0 Å². The van der Waals surface area contributed by atoms with E-state index in [4.69, 9.17) is 5.84 Å². The Bertz CT molecular complexity index is 987. The van der Waals surface area contributed by atoms with Crippen molar-refractivity contribution >= 4 is 29.4 Å². The summed E-state index contributed by atoms with van der Waals surface area (Å²) < 4.78 is 30.9. The maximum absolute atomic E-state index is 14.7. The number of amides is 1. The summed E-state index contributed by atoms with van der Waals surface area (Å²) in [5.74, 6) is 0.903. The number of hydrogen-bond donors (Lipinski definition) is 2. The summed E-state index contributed by atoms with van der Waals surface area (Å²) >= 11 is 1.13. The molecule has 2 aromatic rings. The summed E-state index contributed by atoms with van der Waals surface area (Å²) in [5.41, 5.74) is 2.48. The number of benzene rings is 2. The molecular formula is C21H21F2N3O3S. The first kappa shape index (κ1) is 22.1. The predicted molar refractivity (Wildman–Crippen MR) is 109 cm³/mol. The second-order valence-electron chi connectivity index (χ2n) is 7.07. The number of carbonyl (C=O) groups excluding carboxylic acids is 3. The molecular weight excluding hydrogens is 412 g/mol. The lowest BCUT2D eigenvalue weighted by Crippen LogP contribution is -2.45. The molecule has 0 aromatic heterocycles. The van der Waals surface area contributed by atoms with E-state index >= 15 is 0 Å². The smallest absolute Gasteiger partial charge is 0.241 e. The lowest BCUT2D eigenvalue weighted by molar-refractivity contribution is -0.139. The van der Waals surface area contributed by atoms with Gasteiger partial charge in [0.15, 0.2) is 0 Å². The first-order chi connectivity index (χ1) is 14.2. The summed E-state index contributed by atoms with van der Waals surface area (Å²) in [5, 5.41) is -0.740. The third kappa shape index (κ3) is 4.28. The minimum Gasteiger partial charge on any atom is -0.294 e. The number of Topliss-reactive ketones (excluding diaryl/α,β-unsaturated/α-hetero) is 2. The van der Waals surface area contributed by atoms with E-state index in [1.165, 1.54) is 6.92 Å². The number of rotatable bonds is 5. The van der Waals surface area contributed by atoms with Crippen molar-refractivity contribution < 1.29 is 23.2 Å². The SMILES string of the molecule is CC(C(=O)NN)c1cc(F)c(CN2SC(c3ccccc3)C(=O)C(=O)C2C)cc1F. The van der Waals surface area contributed by atoms with Crippen LogP contribution in [0.25, 0.3) is 0 Å². The van der Waals surface area contributed by atoms with Gasteiger partial charge >= 0.3 is 0 Å². The highest BCUT2D eigenvalue weighted by Gasteiger charge is 2.41. The Hall–Kier alpha value is -2.62. The molecule has 1 amide bonds. The minimum absolute atomic E-state index is 0.0184. The van der Waals surface area contributed by atoms with E-state index in [2.05, 4.69) is 0 Å². The van der Waals surface area contributed by atoms with Gasteiger partial charge in [-0.2, -0.15) is 0 Å². The van der Waals surface area contributed by atoms with Crippen LogP contribution in [-0.2, 0) is 20.9 Å². The zero-order valence-electron chi connectivity index (χ0n) is 16.4. The van der Waals surface area contributed by atoms with Gasteiger partial charge in [-0.05, 0) is 31.5 Å². The van der Waals surface area contributed by atoms with Crippen LogP contribution >= 0.6 is 11.9 Å². The van der Waals surface area contributed by atoms with Crippen molar-refractivity contribution in [2.24, 2.45) is 5.84 Å². The van der Waals surface area contributed by atoms with Crippen molar-refractivity contribution in [3.8, 4) is 0 Å². The van der Waals surface area contributed by atoms with Crippen LogP contribution in [0.4, 0.5) is 8.78 Å². The molecule has 1 aliphatic heterocycles. The maximum atomic E-state index is 14.7. The van der Waals surface area contributed by atoms with Gasteiger partial charge in [0, 0.05) is 17.7 Å². The number of carbonyl (C=O) groups is 3. The van der Waals surface area contributed by atoms with Crippen LogP contribution in [0, 0.1) is 11.6 Å². The molecule has 1 heterocycles. The average molecular weight is 433 g/mol. The van der Waals surface area contributed by atoms with Crippen molar-refractivity contribution in [2.75, 3.05) is 0 Å². The number of ketones is 2. The number of halogens is 2. The number of nitrogens with one attached hydrogen (secondary N) is 1. The highest BCUT2D eigenvalue weighted by Crippen LogP contribution is 2.40. The molecule has 3 atom stereocenters. The van der Waals surface area contributed by atoms with E-state index in [0.29, 0.717) is 5.56 Å². The summed E-state index contributed by atoms with van der Waals surface area (Å²) in [4.78, 5) is 36.6. The van der Waals surface area contributed by atoms with Crippen LogP contribution in [0.5, 0.6) is 0 Å². The standard InChI is InChI=1S/C21H21F2N3O3S/c1-11(21(29)25-24)15-9-16(22)14(8-17(15)23)10-26-12(2)18(27)19(28)20(30-26)13-6-4-3-5-7-13/h3-9,11-12,20H,10,24H2,1-2H3,(H,25,29). The van der Waals surface area contributed by atoms with E-state index in [-0.39, 0.29) is 17.7 Å². The highest BCUT2D eigenvalue weighted by atomic mass is 32.2. The highest BCUT2D eigenvalue weighted by molar-refractivity contribution is 7.98. The van der Waals surface area contributed by atoms with Gasteiger partial charge in [-0.15, -0.1) is 0 Å². The summed E-state index contributed by atoms with van der Waals surface area (Å²) in [7, 11) is 0. The topological polar surface area (TPSA) is 92.5 Å². The third-order valence-corrected chi connectivity index (χ3v) is 6.54. The van der Waals surface area contributed by atoms with E-state index in [0.717, 1.165) is 24.1 Å². The first-order valence-corrected chi connectivity index (χ1v) is 10.1. The van der Waals surface area contributed by atoms with Crippen LogP contribution in [0.1, 0.15) is 41.7 Å². The van der Waals surface area contributed by atoms with E-state index in [9.17, 15) is 23.2 Å². The second-order valence-corrected chi connectivity index (χ2v) is 8.22. The first-order valence-electron chi connectivity index (χ1n) is 9.29. The average Bonchev–Trinajstić information content (AvgIpc) is 2.75. The number of nitrogens with zero attached hydrogens (tertiary/aromatic N) is 1. The minimum atomic E-state index is -0.969. The fourth-order valence-electron chi connectivity index (χ4n) is 3.25. The molecule has 3 N–H and O–H groups in total. The largest absolute Gasteiger partial charge is 0.294 e. The van der Waals surface area contributed by atoms with Crippen molar-refractivity contribution in [3.05, 3.63) is 70.8 Å². The number of hydrazine groups is 1. The second kappa shape index (κ2) is 9.03. The maximum Gasteiger partial charge on any atom is 0.241 e. The van der Waals surface area contributed by atoms with Crippen LogP contribution in [0.2, 0.25) is 0 Å². The van der Waals surface area contributed by atoms with Gasteiger partial charge in [-0.1, -0.05) is 42.3 Å². The molecule has 3 unspecified atom stereocenters. The van der Waals surface area contributed by atoms with Gasteiger partial charge in [0.25, 0.3) is 0 Å². The van der Waals surface area contributed by atoms with Gasteiger partial charge in [0.05, 0.1) is 12.0 Å². The monoisotopic (exact) mass is 433 g/mol. The lowest BCUT2D eigenvalue weighted by atomic mass is 9.97. The Kier molecular flexibility index (Phi) is 6.64. The van der Waals surface area contributed by atoms with Crippen LogP contribution in [0.15, 0.2) is 42.5 Å². The Labute approximate surface area is 176 Å². The molecule has 0 spiro atoms. The summed E-state index contributed by atoms with van der Waals surface area (Å²) in [6.45, 7) is 2.89. The Morgan fingerprint density at radius 1 is 1.17 bits per heavy atom. The van der Waals surface area contributed by atoms with Crippen molar-refractivity contribution in [2.45, 2.75) is 37.6 Å². The van der Waals surface area contributed by atoms with Gasteiger partial charge in [-0.3, -0.25) is 19.8 Å². The quantitative estimate of drug-likeness (QED) is 0.248. The molecule has 1 aliphatic rings. The summed E-state index contributed by atoms with van der Waals surface area (Å²) in [6, 6.07) is 10.0. The van der Waals surface area contributed by atoms with Gasteiger partial charge in [0.1, 0.15) is 16.9 Å². The van der Waals surface area contributed by atoms with Gasteiger partial charge < -0.3 is 0 Å². The molecule has 1 saturated heterocycles. The zero-order chi connectivity index (χ0) is 22.0. The van der Waals surface area contributed by atoms with Gasteiger partial charge in [0.2, 0.25) is 17.5 Å². The van der Waals surface area contributed by atoms with E-state index < -0.39 is 46.3 Å². The van der Waals surface area contributed by atoms with Crippen molar-refractivity contribution in [1.82, 2.24) is 9.73 Å². The fourth-order valence-corrected chi connectivity index (χ4v) is 4.50. The number of nitrogens with two attached hydrogens (primary N) is 1. The summed E-state index contributed by atoms with van der Waals surface area (Å²) in [6.07, 6.45) is 0. The molecule has 2 aromatic carbocycles. The normalized spacial score (nSPS) is 20.8. The molecule has 30 heavy (non-hydrogen) atoms. The van der Waals surface area contributed by atoms with E-state index in [1.807, 2.05) is 5.43 Å². The molecule has 6 nitrogen and oxygen atoms in total. The molecule has 3 rings (SSSR count). The molecule has 158 valence electrons. The zero-order valence-corrected chi connectivity index (χ0v) is 17.2. The molecule has 1 fully saturated rings. The molecule has 0 saturated carbocycles. The van der Waals surface area contributed by atoms with E-state index in [1.54, 1.807) is 41.6 Å². The lowest BCUT2D eigenvalue weighted by Gasteiger charge is -2.35. The Morgan fingerprint density at radius 2 is 1.83 bits per heavy atom. The number of hydrogen-bond acceptors (Lipinski definition) is 6. The Morgan fingerprint density at radius 3 is 2.47 bits per heavy atom. The van der Waals surface area contributed by atoms with Crippen LogP contribution in [0.3, 0.4) is 0 Å². The van der Waals surface area contributed by atoms with Gasteiger partial charge in [-0.25, -0.2) is 18.9 Å². The van der Waals surface area contributed by atoms with Crippen LogP contribution in [-0.4, -0.2) is 27.8 Å². The third-order valence-electron chi connectivity index (χ3n) is 5.13. The molecule has 0 aliphatic carbocycles. The fraction of sp³-hybridized carbons (Fsp3) is 0.286. The van der Waals surface area contributed by atoms with Crippen LogP contribution < -0.4 is 11.3 Å². The molecule has 0 bridgehead atoms. The van der Waals surface area contributed by atoms with Crippen molar-refractivity contribution in [1.29, 1.82) is 0 Å². The Balaban J connectivity index is 1.87. The molecule has 0 radical (unpaired) electrons. The molecule has 9 heteroatoms.